The molecular formula is C16H14ClNO3. The number of hydrogen-bond donors (Lipinski definition) is 0. The Balaban J connectivity index is 2.23. The Bertz CT molecular complexity index is 811. The first-order chi connectivity index (χ1) is 10.1. The Morgan fingerprint density at radius 1 is 1.05 bits per heavy atom. The molecule has 3 rings (SSSR count). The van der Waals surface area contributed by atoms with Crippen LogP contribution in [0.3, 0.4) is 0 Å². The summed E-state index contributed by atoms with van der Waals surface area (Å²) in [6.45, 7) is 1.89. The maximum absolute atomic E-state index is 6.37. The van der Waals surface area contributed by atoms with Gasteiger partial charge in [0.15, 0.2) is 17.3 Å². The second-order valence-electron chi connectivity index (χ2n) is 4.62. The summed E-state index contributed by atoms with van der Waals surface area (Å²) in [4.78, 5) is 4.59. The van der Waals surface area contributed by atoms with Crippen molar-refractivity contribution in [2.45, 2.75) is 6.92 Å². The van der Waals surface area contributed by atoms with Gasteiger partial charge in [-0.05, 0) is 31.2 Å². The highest BCUT2D eigenvalue weighted by molar-refractivity contribution is 6.35. The van der Waals surface area contributed by atoms with E-state index in [9.17, 15) is 0 Å². The SMILES string of the molecule is COc1cc2nc(-c3ccc(C)o3)cc(Cl)c2cc1OC. The van der Waals surface area contributed by atoms with Crippen molar-refractivity contribution in [2.75, 3.05) is 14.2 Å². The van der Waals surface area contributed by atoms with Gasteiger partial charge in [0.2, 0.25) is 0 Å². The molecule has 1 aromatic carbocycles. The van der Waals surface area contributed by atoms with Crippen LogP contribution in [-0.2, 0) is 0 Å². The van der Waals surface area contributed by atoms with Crippen LogP contribution in [0.25, 0.3) is 22.4 Å². The number of methoxy groups -OCH3 is 2. The van der Waals surface area contributed by atoms with Crippen molar-refractivity contribution in [1.82, 2.24) is 4.98 Å². The van der Waals surface area contributed by atoms with Crippen LogP contribution in [0.4, 0.5) is 0 Å². The molecule has 2 heterocycles. The fraction of sp³-hybridized carbons (Fsp3) is 0.188. The van der Waals surface area contributed by atoms with Crippen LogP contribution in [0, 0.1) is 6.92 Å². The van der Waals surface area contributed by atoms with Crippen molar-refractivity contribution >= 4 is 22.5 Å². The van der Waals surface area contributed by atoms with Crippen molar-refractivity contribution in [3.63, 3.8) is 0 Å². The number of aryl methyl sites for hydroxylation is 1. The topological polar surface area (TPSA) is 44.5 Å². The molecular weight excluding hydrogens is 290 g/mol. The second-order valence-corrected chi connectivity index (χ2v) is 5.03. The van der Waals surface area contributed by atoms with Gasteiger partial charge in [0.05, 0.1) is 24.8 Å². The lowest BCUT2D eigenvalue weighted by Gasteiger charge is -2.10. The predicted molar refractivity (Wildman–Crippen MR) is 82.3 cm³/mol. The molecule has 0 amide bonds. The molecule has 3 aromatic rings. The molecule has 2 aromatic heterocycles. The lowest BCUT2D eigenvalue weighted by molar-refractivity contribution is 0.356. The van der Waals surface area contributed by atoms with Crippen molar-refractivity contribution in [3.05, 3.63) is 41.1 Å². The molecule has 0 saturated heterocycles. The molecule has 5 heteroatoms. The summed E-state index contributed by atoms with van der Waals surface area (Å²) in [5.74, 6) is 2.75. The van der Waals surface area contributed by atoms with E-state index in [1.54, 1.807) is 26.4 Å². The van der Waals surface area contributed by atoms with E-state index in [0.717, 1.165) is 16.7 Å². The molecule has 0 aliphatic carbocycles. The molecule has 0 saturated carbocycles. The van der Waals surface area contributed by atoms with Crippen LogP contribution in [0.15, 0.2) is 34.7 Å². The third kappa shape index (κ3) is 2.43. The average molecular weight is 304 g/mol. The number of nitrogens with zero attached hydrogens (tertiary/aromatic N) is 1. The van der Waals surface area contributed by atoms with E-state index >= 15 is 0 Å². The van der Waals surface area contributed by atoms with E-state index in [1.807, 2.05) is 25.1 Å². The van der Waals surface area contributed by atoms with Gasteiger partial charge in [-0.15, -0.1) is 0 Å². The molecule has 4 nitrogen and oxygen atoms in total. The van der Waals surface area contributed by atoms with Gasteiger partial charge >= 0.3 is 0 Å². The van der Waals surface area contributed by atoms with Crippen LogP contribution in [-0.4, -0.2) is 19.2 Å². The van der Waals surface area contributed by atoms with Gasteiger partial charge in [-0.1, -0.05) is 11.6 Å². The molecule has 0 spiro atoms. The number of hydrogen-bond acceptors (Lipinski definition) is 4. The molecule has 0 N–H and O–H groups in total. The smallest absolute Gasteiger partial charge is 0.162 e. The average Bonchev–Trinajstić information content (AvgIpc) is 2.92. The molecule has 0 fully saturated rings. The largest absolute Gasteiger partial charge is 0.493 e. The minimum atomic E-state index is 0.588. The van der Waals surface area contributed by atoms with Gasteiger partial charge in [0, 0.05) is 11.5 Å². The fourth-order valence-corrected chi connectivity index (χ4v) is 2.47. The highest BCUT2D eigenvalue weighted by atomic mass is 35.5. The van der Waals surface area contributed by atoms with Crippen LogP contribution < -0.4 is 9.47 Å². The van der Waals surface area contributed by atoms with Crippen LogP contribution in [0.5, 0.6) is 11.5 Å². The number of rotatable bonds is 3. The standard InChI is InChI=1S/C16H14ClNO3/c1-9-4-5-14(21-9)13-7-11(17)10-6-15(19-2)16(20-3)8-12(10)18-13/h4-8H,1-3H3. The number of furan rings is 1. The van der Waals surface area contributed by atoms with Gasteiger partial charge < -0.3 is 13.9 Å². The van der Waals surface area contributed by atoms with Gasteiger partial charge in [-0.25, -0.2) is 4.98 Å². The minimum Gasteiger partial charge on any atom is -0.493 e. The highest BCUT2D eigenvalue weighted by Gasteiger charge is 2.13. The molecule has 0 aliphatic rings. The quantitative estimate of drug-likeness (QED) is 0.716. The number of pyridine rings is 1. The third-order valence-electron chi connectivity index (χ3n) is 3.26. The van der Waals surface area contributed by atoms with Gasteiger partial charge in [0.25, 0.3) is 0 Å². The molecule has 0 aliphatic heterocycles. The molecule has 108 valence electrons. The fourth-order valence-electron chi connectivity index (χ4n) is 2.21. The van der Waals surface area contributed by atoms with E-state index in [4.69, 9.17) is 25.5 Å². The Morgan fingerprint density at radius 3 is 2.38 bits per heavy atom. The summed E-state index contributed by atoms with van der Waals surface area (Å²) in [5, 5.41) is 1.39. The van der Waals surface area contributed by atoms with Crippen LogP contribution in [0.2, 0.25) is 5.02 Å². The second kappa shape index (κ2) is 5.30. The Labute approximate surface area is 127 Å². The summed E-state index contributed by atoms with van der Waals surface area (Å²) >= 11 is 6.37. The Morgan fingerprint density at radius 2 is 1.76 bits per heavy atom. The first-order valence-electron chi connectivity index (χ1n) is 6.41. The van der Waals surface area contributed by atoms with Crippen LogP contribution in [0.1, 0.15) is 5.76 Å². The maximum Gasteiger partial charge on any atom is 0.162 e. The lowest BCUT2D eigenvalue weighted by Crippen LogP contribution is -1.93. The van der Waals surface area contributed by atoms with Crippen molar-refractivity contribution < 1.29 is 13.9 Å². The van der Waals surface area contributed by atoms with Gasteiger partial charge in [0.1, 0.15) is 11.5 Å². The molecule has 0 unspecified atom stereocenters. The van der Waals surface area contributed by atoms with E-state index in [2.05, 4.69) is 4.98 Å². The minimum absolute atomic E-state index is 0.588. The number of ether oxygens (including phenoxy) is 2. The maximum atomic E-state index is 6.37. The summed E-state index contributed by atoms with van der Waals surface area (Å²) in [7, 11) is 3.18. The van der Waals surface area contributed by atoms with E-state index in [-0.39, 0.29) is 0 Å². The summed E-state index contributed by atoms with van der Waals surface area (Å²) in [6, 6.07) is 9.18. The number of fused-ring (bicyclic) bond motifs is 1. The Hall–Kier alpha value is -2.20. The summed E-state index contributed by atoms with van der Waals surface area (Å²) in [6.07, 6.45) is 0. The zero-order valence-corrected chi connectivity index (χ0v) is 12.7. The summed E-state index contributed by atoms with van der Waals surface area (Å²) in [5.41, 5.74) is 1.41. The van der Waals surface area contributed by atoms with E-state index in [1.165, 1.54) is 0 Å². The Kier molecular flexibility index (Phi) is 3.47. The molecule has 0 radical (unpaired) electrons. The van der Waals surface area contributed by atoms with E-state index in [0.29, 0.717) is 28.0 Å². The van der Waals surface area contributed by atoms with Gasteiger partial charge in [-0.2, -0.15) is 0 Å². The molecule has 0 bridgehead atoms. The molecule has 21 heavy (non-hydrogen) atoms. The zero-order valence-electron chi connectivity index (χ0n) is 11.9. The first-order valence-corrected chi connectivity index (χ1v) is 6.79. The molecule has 0 atom stereocenters. The zero-order chi connectivity index (χ0) is 15.0. The monoisotopic (exact) mass is 303 g/mol. The van der Waals surface area contributed by atoms with E-state index < -0.39 is 0 Å². The normalized spacial score (nSPS) is 10.9. The first kappa shape index (κ1) is 13.8. The van der Waals surface area contributed by atoms with Crippen molar-refractivity contribution in [2.24, 2.45) is 0 Å². The van der Waals surface area contributed by atoms with Crippen molar-refractivity contribution in [3.8, 4) is 23.0 Å². The summed E-state index contributed by atoms with van der Waals surface area (Å²) < 4.78 is 16.2. The van der Waals surface area contributed by atoms with Gasteiger partial charge in [-0.3, -0.25) is 0 Å². The number of halogens is 1. The predicted octanol–water partition coefficient (Wildman–Crippen LogP) is 4.47. The third-order valence-corrected chi connectivity index (χ3v) is 3.57. The lowest BCUT2D eigenvalue weighted by atomic mass is 10.1. The highest BCUT2D eigenvalue weighted by Crippen LogP contribution is 2.36. The van der Waals surface area contributed by atoms with Crippen LogP contribution >= 0.6 is 11.6 Å². The number of benzene rings is 1. The van der Waals surface area contributed by atoms with Crippen molar-refractivity contribution in [1.29, 1.82) is 0 Å². The number of aromatic nitrogens is 1.